The molecule has 1 aliphatic rings. The van der Waals surface area contributed by atoms with Crippen molar-refractivity contribution >= 4 is 61.8 Å². The second kappa shape index (κ2) is 9.05. The first-order chi connectivity index (χ1) is 15.6. The molecule has 2 aromatic carbocycles. The Labute approximate surface area is 199 Å². The largest absolute Gasteiger partial charge is 0.343 e. The van der Waals surface area contributed by atoms with E-state index in [1.54, 1.807) is 17.4 Å². The summed E-state index contributed by atoms with van der Waals surface area (Å²) in [5, 5.41) is 5.27. The van der Waals surface area contributed by atoms with Crippen molar-refractivity contribution in [1.29, 1.82) is 0 Å². The minimum Gasteiger partial charge on any atom is -0.343 e. The van der Waals surface area contributed by atoms with Gasteiger partial charge in [0, 0.05) is 23.8 Å². The Morgan fingerprint density at radius 3 is 2.91 bits per heavy atom. The zero-order valence-corrected chi connectivity index (χ0v) is 19.7. The average Bonchev–Trinajstić information content (AvgIpc) is 3.25. The van der Waals surface area contributed by atoms with Crippen molar-refractivity contribution in [3.63, 3.8) is 0 Å². The first-order valence-corrected chi connectivity index (χ1v) is 12.4. The standard InChI is InChI=1S/C23H20ClN5OS2/c1-14-17(24)7-4-8-18(14)27-19(30)12-31-22-20-21(25-13-26-22)28-23(32-20)29-10-9-15-5-2-3-6-16(15)11-29/h2-8,13H,9-12H2,1H3,(H,27,30). The summed E-state index contributed by atoms with van der Waals surface area (Å²) in [6, 6.07) is 14.0. The van der Waals surface area contributed by atoms with Crippen molar-refractivity contribution in [2.24, 2.45) is 0 Å². The van der Waals surface area contributed by atoms with Gasteiger partial charge < -0.3 is 10.2 Å². The van der Waals surface area contributed by atoms with E-state index in [0.717, 1.165) is 45.6 Å². The quantitative estimate of drug-likeness (QED) is 0.306. The maximum absolute atomic E-state index is 12.5. The smallest absolute Gasteiger partial charge is 0.234 e. The Morgan fingerprint density at radius 1 is 1.19 bits per heavy atom. The number of aromatic nitrogens is 3. The minimum atomic E-state index is -0.107. The highest BCUT2D eigenvalue weighted by Gasteiger charge is 2.21. The molecule has 6 nitrogen and oxygen atoms in total. The van der Waals surface area contributed by atoms with E-state index < -0.39 is 0 Å². The highest BCUT2D eigenvalue weighted by Crippen LogP contribution is 2.35. The van der Waals surface area contributed by atoms with Gasteiger partial charge in [-0.1, -0.05) is 65.0 Å². The molecule has 0 aliphatic carbocycles. The van der Waals surface area contributed by atoms with E-state index >= 15 is 0 Å². The number of rotatable bonds is 5. The van der Waals surface area contributed by atoms with Crippen molar-refractivity contribution in [3.8, 4) is 0 Å². The molecule has 0 radical (unpaired) electrons. The first kappa shape index (κ1) is 21.2. The molecule has 0 saturated heterocycles. The lowest BCUT2D eigenvalue weighted by atomic mass is 10.0. The van der Waals surface area contributed by atoms with Crippen LogP contribution in [0.1, 0.15) is 16.7 Å². The van der Waals surface area contributed by atoms with Gasteiger partial charge in [-0.25, -0.2) is 9.97 Å². The molecule has 1 aliphatic heterocycles. The molecule has 0 spiro atoms. The van der Waals surface area contributed by atoms with Crippen molar-refractivity contribution in [3.05, 3.63) is 70.5 Å². The van der Waals surface area contributed by atoms with E-state index in [9.17, 15) is 4.79 Å². The molecule has 0 bridgehead atoms. The SMILES string of the molecule is Cc1c(Cl)cccc1NC(=O)CSc1ncnc2nc(N3CCc4ccccc4C3)sc12. The van der Waals surface area contributed by atoms with E-state index in [0.29, 0.717) is 10.7 Å². The zero-order valence-electron chi connectivity index (χ0n) is 17.3. The summed E-state index contributed by atoms with van der Waals surface area (Å²) >= 11 is 9.12. The third-order valence-electron chi connectivity index (χ3n) is 5.43. The topological polar surface area (TPSA) is 71.0 Å². The molecule has 0 atom stereocenters. The van der Waals surface area contributed by atoms with Crippen molar-refractivity contribution in [2.75, 3.05) is 22.5 Å². The van der Waals surface area contributed by atoms with Gasteiger partial charge in [0.2, 0.25) is 5.91 Å². The third-order valence-corrected chi connectivity index (χ3v) is 8.07. The number of halogens is 1. The number of amides is 1. The lowest BCUT2D eigenvalue weighted by Crippen LogP contribution is -2.30. The lowest BCUT2D eigenvalue weighted by Gasteiger charge is -2.28. The summed E-state index contributed by atoms with van der Waals surface area (Å²) in [5.41, 5.74) is 4.99. The van der Waals surface area contributed by atoms with Crippen LogP contribution in [0.3, 0.4) is 0 Å². The molecule has 0 saturated carbocycles. The minimum absolute atomic E-state index is 0.107. The molecule has 162 valence electrons. The normalized spacial score (nSPS) is 13.2. The molecule has 4 aromatic rings. The number of carbonyl (C=O) groups is 1. The molecule has 3 heterocycles. The van der Waals surface area contributed by atoms with Crippen LogP contribution in [0.15, 0.2) is 53.8 Å². The van der Waals surface area contributed by atoms with Crippen molar-refractivity contribution < 1.29 is 4.79 Å². The van der Waals surface area contributed by atoms with Crippen LogP contribution >= 0.6 is 34.7 Å². The Balaban J connectivity index is 1.31. The predicted molar refractivity (Wildman–Crippen MR) is 132 cm³/mol. The third kappa shape index (κ3) is 4.30. The summed E-state index contributed by atoms with van der Waals surface area (Å²) in [6.45, 7) is 3.65. The van der Waals surface area contributed by atoms with Crippen LogP contribution in [0.25, 0.3) is 10.3 Å². The molecular weight excluding hydrogens is 462 g/mol. The highest BCUT2D eigenvalue weighted by atomic mass is 35.5. The van der Waals surface area contributed by atoms with Gasteiger partial charge >= 0.3 is 0 Å². The number of thiazole rings is 1. The highest BCUT2D eigenvalue weighted by molar-refractivity contribution is 8.00. The average molecular weight is 482 g/mol. The number of hydrogen-bond acceptors (Lipinski definition) is 7. The number of thioether (sulfide) groups is 1. The molecule has 0 fully saturated rings. The van der Waals surface area contributed by atoms with E-state index in [4.69, 9.17) is 16.6 Å². The zero-order chi connectivity index (χ0) is 22.1. The molecular formula is C23H20ClN5OS2. The van der Waals surface area contributed by atoms with Gasteiger partial charge in [-0.3, -0.25) is 4.79 Å². The summed E-state index contributed by atoms with van der Waals surface area (Å²) in [7, 11) is 0. The maximum Gasteiger partial charge on any atom is 0.234 e. The van der Waals surface area contributed by atoms with Crippen LogP contribution in [0.2, 0.25) is 5.02 Å². The fraction of sp³-hybridized carbons (Fsp3) is 0.217. The van der Waals surface area contributed by atoms with Gasteiger partial charge in [0.15, 0.2) is 10.8 Å². The fourth-order valence-electron chi connectivity index (χ4n) is 3.68. The number of hydrogen-bond donors (Lipinski definition) is 1. The summed E-state index contributed by atoms with van der Waals surface area (Å²) in [4.78, 5) is 28.3. The maximum atomic E-state index is 12.5. The molecule has 2 aromatic heterocycles. The summed E-state index contributed by atoms with van der Waals surface area (Å²) in [6.07, 6.45) is 2.52. The van der Waals surface area contributed by atoms with Gasteiger partial charge in [0.25, 0.3) is 0 Å². The number of carbonyl (C=O) groups excluding carboxylic acids is 1. The van der Waals surface area contributed by atoms with Gasteiger partial charge in [0.1, 0.15) is 16.1 Å². The number of nitrogens with zero attached hydrogens (tertiary/aromatic N) is 4. The van der Waals surface area contributed by atoms with Crippen LogP contribution < -0.4 is 10.2 Å². The molecule has 5 rings (SSSR count). The fourth-order valence-corrected chi connectivity index (χ4v) is 5.77. The van der Waals surface area contributed by atoms with Gasteiger partial charge in [-0.15, -0.1) is 0 Å². The van der Waals surface area contributed by atoms with Crippen molar-refractivity contribution in [1.82, 2.24) is 15.0 Å². The van der Waals surface area contributed by atoms with E-state index in [1.165, 1.54) is 29.2 Å². The molecule has 1 N–H and O–H groups in total. The summed E-state index contributed by atoms with van der Waals surface area (Å²) in [5.74, 6) is 0.132. The lowest BCUT2D eigenvalue weighted by molar-refractivity contribution is -0.113. The summed E-state index contributed by atoms with van der Waals surface area (Å²) < 4.78 is 0.915. The first-order valence-electron chi connectivity index (χ1n) is 10.2. The Morgan fingerprint density at radius 2 is 2.03 bits per heavy atom. The Hall–Kier alpha value is -2.68. The van der Waals surface area contributed by atoms with Gasteiger partial charge in [-0.05, 0) is 42.2 Å². The van der Waals surface area contributed by atoms with Gasteiger partial charge in [0.05, 0.1) is 5.75 Å². The van der Waals surface area contributed by atoms with Crippen LogP contribution in [-0.2, 0) is 17.8 Å². The van der Waals surface area contributed by atoms with Crippen LogP contribution in [0.4, 0.5) is 10.8 Å². The number of nitrogens with one attached hydrogen (secondary N) is 1. The van der Waals surface area contributed by atoms with Crippen LogP contribution in [-0.4, -0.2) is 33.2 Å². The van der Waals surface area contributed by atoms with Crippen molar-refractivity contribution in [2.45, 2.75) is 24.9 Å². The van der Waals surface area contributed by atoms with Crippen LogP contribution in [0.5, 0.6) is 0 Å². The van der Waals surface area contributed by atoms with E-state index in [-0.39, 0.29) is 11.7 Å². The monoisotopic (exact) mass is 481 g/mol. The van der Waals surface area contributed by atoms with E-state index in [2.05, 4.69) is 44.5 Å². The molecule has 32 heavy (non-hydrogen) atoms. The van der Waals surface area contributed by atoms with Crippen LogP contribution in [0, 0.1) is 6.92 Å². The molecule has 1 amide bonds. The molecule has 9 heteroatoms. The number of fused-ring (bicyclic) bond motifs is 2. The number of benzene rings is 2. The van der Waals surface area contributed by atoms with Gasteiger partial charge in [-0.2, -0.15) is 4.98 Å². The second-order valence-corrected chi connectivity index (χ2v) is 9.87. The second-order valence-electron chi connectivity index (χ2n) is 7.52. The predicted octanol–water partition coefficient (Wildman–Crippen LogP) is 5.34. The number of anilines is 2. The Kier molecular flexibility index (Phi) is 5.99. The molecule has 0 unspecified atom stereocenters. The van der Waals surface area contributed by atoms with E-state index in [1.807, 2.05) is 19.1 Å². The Bertz CT molecular complexity index is 1310.